The Labute approximate surface area is 183 Å². The van der Waals surface area contributed by atoms with Crippen LogP contribution in [0.5, 0.6) is 5.75 Å². The summed E-state index contributed by atoms with van der Waals surface area (Å²) in [6.07, 6.45) is 0.286. The first kappa shape index (κ1) is 20.7. The highest BCUT2D eigenvalue weighted by Gasteiger charge is 2.13. The minimum atomic E-state index is -0.123. The van der Waals surface area contributed by atoms with E-state index >= 15 is 0 Å². The summed E-state index contributed by atoms with van der Waals surface area (Å²) in [4.78, 5) is 30.2. The van der Waals surface area contributed by atoms with Crippen LogP contribution in [-0.4, -0.2) is 28.3 Å². The van der Waals surface area contributed by atoms with Gasteiger partial charge in [-0.15, -0.1) is 0 Å². The largest absolute Gasteiger partial charge is 0.497 e. The van der Waals surface area contributed by atoms with Crippen molar-refractivity contribution < 1.29 is 9.53 Å². The lowest BCUT2D eigenvalue weighted by Crippen LogP contribution is -2.22. The molecule has 0 saturated heterocycles. The van der Waals surface area contributed by atoms with Crippen molar-refractivity contribution in [2.45, 2.75) is 11.6 Å². The molecule has 0 spiro atoms. The number of para-hydroxylation sites is 2. The molecule has 1 heterocycles. The van der Waals surface area contributed by atoms with Gasteiger partial charge in [0.15, 0.2) is 5.16 Å². The topological polar surface area (TPSA) is 73.2 Å². The molecule has 0 atom stereocenters. The molecular formula is C24H21N3O3S. The lowest BCUT2D eigenvalue weighted by molar-refractivity contribution is -0.115. The third kappa shape index (κ3) is 4.78. The number of hydrogen-bond donors (Lipinski definition) is 1. The van der Waals surface area contributed by atoms with Gasteiger partial charge in [-0.1, -0.05) is 42.1 Å². The summed E-state index contributed by atoms with van der Waals surface area (Å²) in [6, 6.07) is 23.9. The van der Waals surface area contributed by atoms with Crippen molar-refractivity contribution in [3.05, 3.63) is 89.2 Å². The Balaban J connectivity index is 1.52. The number of nitrogens with zero attached hydrogens (tertiary/aromatic N) is 2. The first-order valence-electron chi connectivity index (χ1n) is 9.79. The second kappa shape index (κ2) is 9.49. The van der Waals surface area contributed by atoms with Crippen LogP contribution in [0, 0.1) is 0 Å². The molecule has 0 unspecified atom stereocenters. The van der Waals surface area contributed by atoms with Gasteiger partial charge in [0.2, 0.25) is 5.91 Å². The van der Waals surface area contributed by atoms with Gasteiger partial charge in [0, 0.05) is 17.9 Å². The van der Waals surface area contributed by atoms with Gasteiger partial charge >= 0.3 is 0 Å². The fourth-order valence-electron chi connectivity index (χ4n) is 3.15. The summed E-state index contributed by atoms with van der Waals surface area (Å²) < 4.78 is 6.73. The Bertz CT molecular complexity index is 1250. The summed E-state index contributed by atoms with van der Waals surface area (Å²) in [5.74, 6) is 1.11. The Morgan fingerprint density at radius 3 is 2.45 bits per heavy atom. The van der Waals surface area contributed by atoms with Crippen LogP contribution < -0.4 is 15.6 Å². The zero-order valence-corrected chi connectivity index (χ0v) is 17.8. The van der Waals surface area contributed by atoms with Crippen LogP contribution in [0.25, 0.3) is 16.6 Å². The maximum atomic E-state index is 13.2. The molecule has 0 bridgehead atoms. The van der Waals surface area contributed by atoms with Gasteiger partial charge in [0.05, 0.1) is 23.7 Å². The van der Waals surface area contributed by atoms with Crippen molar-refractivity contribution in [1.29, 1.82) is 0 Å². The Hall–Kier alpha value is -3.58. The monoisotopic (exact) mass is 431 g/mol. The van der Waals surface area contributed by atoms with Gasteiger partial charge in [-0.25, -0.2) is 4.98 Å². The van der Waals surface area contributed by atoms with E-state index in [1.165, 1.54) is 11.8 Å². The number of fused-ring (bicyclic) bond motifs is 1. The summed E-state index contributed by atoms with van der Waals surface area (Å²) in [7, 11) is 1.60. The molecule has 3 aromatic carbocycles. The van der Waals surface area contributed by atoms with E-state index in [4.69, 9.17) is 9.72 Å². The Morgan fingerprint density at radius 1 is 1.00 bits per heavy atom. The third-order valence-corrected chi connectivity index (χ3v) is 5.63. The van der Waals surface area contributed by atoms with Crippen molar-refractivity contribution in [3.63, 3.8) is 0 Å². The minimum absolute atomic E-state index is 0.105. The van der Waals surface area contributed by atoms with Crippen LogP contribution in [0.15, 0.2) is 88.8 Å². The average Bonchev–Trinajstić information content (AvgIpc) is 2.80. The highest BCUT2D eigenvalue weighted by Crippen LogP contribution is 2.22. The molecule has 4 aromatic rings. The predicted octanol–water partition coefficient (Wildman–Crippen LogP) is 4.52. The number of carbonyl (C=O) groups excluding carboxylic acids is 1. The molecule has 7 heteroatoms. The summed E-state index contributed by atoms with van der Waals surface area (Å²) in [5, 5.41) is 4.00. The van der Waals surface area contributed by atoms with Crippen molar-refractivity contribution in [3.8, 4) is 11.4 Å². The van der Waals surface area contributed by atoms with Crippen LogP contribution in [0.1, 0.15) is 6.42 Å². The third-order valence-electron chi connectivity index (χ3n) is 4.69. The SMILES string of the molecule is COc1ccc(NC(=O)CCSc2nc3ccccc3c(=O)n2-c2ccccc2)cc1. The summed E-state index contributed by atoms with van der Waals surface area (Å²) >= 11 is 1.39. The fraction of sp³-hybridized carbons (Fsp3) is 0.125. The molecule has 0 aliphatic carbocycles. The quantitative estimate of drug-likeness (QED) is 0.344. The molecule has 1 amide bonds. The number of hydrogen-bond acceptors (Lipinski definition) is 5. The number of methoxy groups -OCH3 is 1. The molecule has 31 heavy (non-hydrogen) atoms. The number of rotatable bonds is 7. The first-order valence-corrected chi connectivity index (χ1v) is 10.8. The van der Waals surface area contributed by atoms with Crippen LogP contribution >= 0.6 is 11.8 Å². The highest BCUT2D eigenvalue weighted by molar-refractivity contribution is 7.99. The van der Waals surface area contributed by atoms with Crippen molar-refractivity contribution in [2.75, 3.05) is 18.2 Å². The summed E-state index contributed by atoms with van der Waals surface area (Å²) in [5.41, 5.74) is 1.98. The zero-order chi connectivity index (χ0) is 21.6. The lowest BCUT2D eigenvalue weighted by atomic mass is 10.2. The average molecular weight is 432 g/mol. The molecule has 0 saturated carbocycles. The van der Waals surface area contributed by atoms with E-state index in [0.717, 1.165) is 11.4 Å². The number of aromatic nitrogens is 2. The first-order chi connectivity index (χ1) is 15.2. The Morgan fingerprint density at radius 2 is 1.71 bits per heavy atom. The van der Waals surface area contributed by atoms with E-state index in [1.807, 2.05) is 48.5 Å². The molecular weight excluding hydrogens is 410 g/mol. The normalized spacial score (nSPS) is 10.7. The van der Waals surface area contributed by atoms with Gasteiger partial charge in [0.25, 0.3) is 5.56 Å². The number of anilines is 1. The molecule has 0 aliphatic rings. The van der Waals surface area contributed by atoms with Crippen LogP contribution in [0.2, 0.25) is 0 Å². The van der Waals surface area contributed by atoms with Gasteiger partial charge < -0.3 is 10.1 Å². The van der Waals surface area contributed by atoms with Gasteiger partial charge in [-0.2, -0.15) is 0 Å². The molecule has 6 nitrogen and oxygen atoms in total. The van der Waals surface area contributed by atoms with E-state index in [-0.39, 0.29) is 17.9 Å². The van der Waals surface area contributed by atoms with E-state index < -0.39 is 0 Å². The Kier molecular flexibility index (Phi) is 6.33. The van der Waals surface area contributed by atoms with E-state index in [1.54, 1.807) is 42.0 Å². The smallest absolute Gasteiger partial charge is 0.266 e. The standard InChI is InChI=1S/C24H21N3O3S/c1-30-19-13-11-17(12-14-19)25-22(28)15-16-31-24-26-21-10-6-5-9-20(21)23(29)27(24)18-7-3-2-4-8-18/h2-14H,15-16H2,1H3,(H,25,28). The second-order valence-electron chi connectivity index (χ2n) is 6.76. The van der Waals surface area contributed by atoms with E-state index in [2.05, 4.69) is 5.32 Å². The van der Waals surface area contributed by atoms with Crippen molar-refractivity contribution in [2.24, 2.45) is 0 Å². The molecule has 156 valence electrons. The zero-order valence-electron chi connectivity index (χ0n) is 16.9. The van der Waals surface area contributed by atoms with E-state index in [9.17, 15) is 9.59 Å². The second-order valence-corrected chi connectivity index (χ2v) is 7.82. The van der Waals surface area contributed by atoms with Gasteiger partial charge in [-0.3, -0.25) is 14.2 Å². The van der Waals surface area contributed by atoms with Crippen LogP contribution in [-0.2, 0) is 4.79 Å². The lowest BCUT2D eigenvalue weighted by Gasteiger charge is -2.13. The molecule has 0 radical (unpaired) electrons. The van der Waals surface area contributed by atoms with Gasteiger partial charge in [0.1, 0.15) is 5.75 Å². The fourth-order valence-corrected chi connectivity index (χ4v) is 4.10. The number of nitrogens with one attached hydrogen (secondary N) is 1. The van der Waals surface area contributed by atoms with E-state index in [0.29, 0.717) is 27.5 Å². The maximum absolute atomic E-state index is 13.2. The van der Waals surface area contributed by atoms with Crippen LogP contribution in [0.4, 0.5) is 5.69 Å². The van der Waals surface area contributed by atoms with Crippen molar-refractivity contribution >= 4 is 34.3 Å². The van der Waals surface area contributed by atoms with Gasteiger partial charge in [-0.05, 0) is 48.5 Å². The van der Waals surface area contributed by atoms with Crippen LogP contribution in [0.3, 0.4) is 0 Å². The maximum Gasteiger partial charge on any atom is 0.266 e. The molecule has 0 fully saturated rings. The molecule has 1 N–H and O–H groups in total. The highest BCUT2D eigenvalue weighted by atomic mass is 32.2. The number of amides is 1. The molecule has 0 aliphatic heterocycles. The number of carbonyl (C=O) groups is 1. The number of ether oxygens (including phenoxy) is 1. The molecule has 1 aromatic heterocycles. The minimum Gasteiger partial charge on any atom is -0.497 e. The number of thioether (sulfide) groups is 1. The number of benzene rings is 3. The van der Waals surface area contributed by atoms with Crippen molar-refractivity contribution in [1.82, 2.24) is 9.55 Å². The molecule has 4 rings (SSSR count). The summed E-state index contributed by atoms with van der Waals surface area (Å²) in [6.45, 7) is 0. The predicted molar refractivity (Wildman–Crippen MR) is 124 cm³/mol.